The Morgan fingerprint density at radius 2 is 2.24 bits per heavy atom. The second-order valence-corrected chi connectivity index (χ2v) is 4.72. The van der Waals surface area contributed by atoms with E-state index in [9.17, 15) is 4.79 Å². The van der Waals surface area contributed by atoms with E-state index in [2.05, 4.69) is 24.0 Å². The lowest BCUT2D eigenvalue weighted by molar-refractivity contribution is -0.137. The van der Waals surface area contributed by atoms with Crippen LogP contribution in [0.1, 0.15) is 24.5 Å². The topological polar surface area (TPSA) is 53.1 Å². The number of carboxylic acid groups (broad SMARTS) is 1. The molecular weight excluding hydrogens is 214 g/mol. The fraction of sp³-hybridized carbons (Fsp3) is 0.357. The second-order valence-electron chi connectivity index (χ2n) is 4.72. The zero-order valence-electron chi connectivity index (χ0n) is 10.2. The van der Waals surface area contributed by atoms with Gasteiger partial charge in [0.05, 0.1) is 0 Å². The summed E-state index contributed by atoms with van der Waals surface area (Å²) >= 11 is 0. The lowest BCUT2D eigenvalue weighted by Crippen LogP contribution is -2.06. The van der Waals surface area contributed by atoms with E-state index in [0.717, 1.165) is 11.9 Å². The molecule has 0 saturated carbocycles. The summed E-state index contributed by atoms with van der Waals surface area (Å²) in [4.78, 5) is 13.9. The van der Waals surface area contributed by atoms with Crippen LogP contribution in [0.25, 0.3) is 10.9 Å². The van der Waals surface area contributed by atoms with Gasteiger partial charge >= 0.3 is 5.97 Å². The summed E-state index contributed by atoms with van der Waals surface area (Å²) < 4.78 is 0. The number of benzene rings is 1. The summed E-state index contributed by atoms with van der Waals surface area (Å²) in [5, 5.41) is 9.97. The number of fused-ring (bicyclic) bond motifs is 1. The minimum Gasteiger partial charge on any atom is -0.481 e. The number of aryl methyl sites for hydroxylation is 1. The summed E-state index contributed by atoms with van der Waals surface area (Å²) in [6.07, 6.45) is 3.02. The van der Waals surface area contributed by atoms with Crippen molar-refractivity contribution in [2.24, 2.45) is 5.92 Å². The third kappa shape index (κ3) is 2.49. The smallest absolute Gasteiger partial charge is 0.303 e. The van der Waals surface area contributed by atoms with Crippen LogP contribution in [-0.4, -0.2) is 16.1 Å². The van der Waals surface area contributed by atoms with E-state index in [1.54, 1.807) is 0 Å². The molecule has 0 saturated heterocycles. The third-order valence-corrected chi connectivity index (χ3v) is 3.10. The molecule has 3 nitrogen and oxygen atoms in total. The van der Waals surface area contributed by atoms with Crippen LogP contribution in [0.15, 0.2) is 24.4 Å². The monoisotopic (exact) mass is 231 g/mol. The number of para-hydroxylation sites is 1. The summed E-state index contributed by atoms with van der Waals surface area (Å²) in [7, 11) is 0. The van der Waals surface area contributed by atoms with E-state index in [1.807, 2.05) is 19.2 Å². The van der Waals surface area contributed by atoms with Gasteiger partial charge < -0.3 is 10.1 Å². The number of nitrogens with one attached hydrogen (secondary N) is 1. The van der Waals surface area contributed by atoms with Crippen molar-refractivity contribution in [3.8, 4) is 0 Å². The molecule has 1 unspecified atom stereocenters. The van der Waals surface area contributed by atoms with E-state index >= 15 is 0 Å². The van der Waals surface area contributed by atoms with Crippen LogP contribution in [0.4, 0.5) is 0 Å². The maximum absolute atomic E-state index is 10.6. The van der Waals surface area contributed by atoms with Crippen LogP contribution in [0.5, 0.6) is 0 Å². The Labute approximate surface area is 100 Å². The molecule has 1 atom stereocenters. The number of rotatable bonds is 4. The second kappa shape index (κ2) is 4.62. The standard InChI is InChI=1S/C14H17NO2/c1-9(7-13(16)17)6-11-8-15-14-10(2)4-3-5-12(11)14/h3-5,8-9,15H,6-7H2,1-2H3,(H,16,17). The fourth-order valence-electron chi connectivity index (χ4n) is 2.28. The number of H-pyrrole nitrogens is 1. The predicted octanol–water partition coefficient (Wildman–Crippen LogP) is 3.13. The molecule has 0 aliphatic heterocycles. The van der Waals surface area contributed by atoms with Crippen LogP contribution in [0, 0.1) is 12.8 Å². The normalized spacial score (nSPS) is 12.8. The van der Waals surface area contributed by atoms with Gasteiger partial charge in [-0.15, -0.1) is 0 Å². The van der Waals surface area contributed by atoms with Gasteiger partial charge in [0.1, 0.15) is 0 Å². The van der Waals surface area contributed by atoms with Gasteiger partial charge in [0, 0.05) is 23.5 Å². The Balaban J connectivity index is 2.25. The van der Waals surface area contributed by atoms with Crippen molar-refractivity contribution >= 4 is 16.9 Å². The highest BCUT2D eigenvalue weighted by Gasteiger charge is 2.12. The van der Waals surface area contributed by atoms with Gasteiger partial charge in [0.15, 0.2) is 0 Å². The number of hydrogen-bond donors (Lipinski definition) is 2. The van der Waals surface area contributed by atoms with Crippen molar-refractivity contribution < 1.29 is 9.90 Å². The lowest BCUT2D eigenvalue weighted by Gasteiger charge is -2.07. The van der Waals surface area contributed by atoms with Gasteiger partial charge in [0.25, 0.3) is 0 Å². The van der Waals surface area contributed by atoms with Crippen molar-refractivity contribution in [2.45, 2.75) is 26.7 Å². The highest BCUT2D eigenvalue weighted by Crippen LogP contribution is 2.24. The van der Waals surface area contributed by atoms with E-state index in [1.165, 1.54) is 16.5 Å². The minimum atomic E-state index is -0.728. The van der Waals surface area contributed by atoms with Gasteiger partial charge in [-0.3, -0.25) is 4.79 Å². The van der Waals surface area contributed by atoms with E-state index in [4.69, 9.17) is 5.11 Å². The van der Waals surface area contributed by atoms with E-state index in [0.29, 0.717) is 0 Å². The van der Waals surface area contributed by atoms with Crippen LogP contribution in [0.3, 0.4) is 0 Å². The molecule has 2 N–H and O–H groups in total. The fourth-order valence-corrected chi connectivity index (χ4v) is 2.28. The quantitative estimate of drug-likeness (QED) is 0.849. The SMILES string of the molecule is Cc1cccc2c(CC(C)CC(=O)O)c[nH]c12. The Morgan fingerprint density at radius 3 is 2.94 bits per heavy atom. The molecule has 0 aliphatic carbocycles. The van der Waals surface area contributed by atoms with Crippen molar-refractivity contribution in [2.75, 3.05) is 0 Å². The summed E-state index contributed by atoms with van der Waals surface area (Å²) in [6, 6.07) is 6.20. The molecule has 1 aromatic heterocycles. The first-order valence-electron chi connectivity index (χ1n) is 5.85. The molecular formula is C14H17NO2. The highest BCUT2D eigenvalue weighted by molar-refractivity contribution is 5.85. The first-order chi connectivity index (χ1) is 8.08. The van der Waals surface area contributed by atoms with Gasteiger partial charge in [-0.1, -0.05) is 25.1 Å². The molecule has 0 fully saturated rings. The Morgan fingerprint density at radius 1 is 1.47 bits per heavy atom. The molecule has 0 amide bonds. The van der Waals surface area contributed by atoms with Gasteiger partial charge in [-0.25, -0.2) is 0 Å². The molecule has 3 heteroatoms. The molecule has 2 rings (SSSR count). The Bertz CT molecular complexity index is 542. The van der Waals surface area contributed by atoms with Crippen molar-refractivity contribution in [1.82, 2.24) is 4.98 Å². The number of aromatic amines is 1. The Hall–Kier alpha value is -1.77. The van der Waals surface area contributed by atoms with Crippen LogP contribution < -0.4 is 0 Å². The zero-order chi connectivity index (χ0) is 12.4. The molecule has 0 bridgehead atoms. The molecule has 2 aromatic rings. The zero-order valence-corrected chi connectivity index (χ0v) is 10.2. The summed E-state index contributed by atoms with van der Waals surface area (Å²) in [5.74, 6) is -0.569. The van der Waals surface area contributed by atoms with Gasteiger partial charge in [-0.05, 0) is 30.4 Å². The number of hydrogen-bond acceptors (Lipinski definition) is 1. The molecule has 17 heavy (non-hydrogen) atoms. The van der Waals surface area contributed by atoms with Crippen LogP contribution >= 0.6 is 0 Å². The highest BCUT2D eigenvalue weighted by atomic mass is 16.4. The number of aromatic nitrogens is 1. The van der Waals surface area contributed by atoms with E-state index in [-0.39, 0.29) is 12.3 Å². The minimum absolute atomic E-state index is 0.159. The number of aliphatic carboxylic acids is 1. The summed E-state index contributed by atoms with van der Waals surface area (Å²) in [6.45, 7) is 4.05. The van der Waals surface area contributed by atoms with Crippen molar-refractivity contribution in [3.63, 3.8) is 0 Å². The van der Waals surface area contributed by atoms with Crippen molar-refractivity contribution in [3.05, 3.63) is 35.5 Å². The summed E-state index contributed by atoms with van der Waals surface area (Å²) in [5.41, 5.74) is 3.59. The first kappa shape index (κ1) is 11.7. The molecule has 90 valence electrons. The average Bonchev–Trinajstić information content (AvgIpc) is 2.62. The van der Waals surface area contributed by atoms with E-state index < -0.39 is 5.97 Å². The van der Waals surface area contributed by atoms with Gasteiger partial charge in [-0.2, -0.15) is 0 Å². The number of carboxylic acids is 1. The molecule has 1 aromatic carbocycles. The molecule has 0 aliphatic rings. The maximum Gasteiger partial charge on any atom is 0.303 e. The predicted molar refractivity (Wildman–Crippen MR) is 68.2 cm³/mol. The van der Waals surface area contributed by atoms with Crippen molar-refractivity contribution in [1.29, 1.82) is 0 Å². The van der Waals surface area contributed by atoms with Gasteiger partial charge in [0.2, 0.25) is 0 Å². The van der Waals surface area contributed by atoms with Crippen LogP contribution in [-0.2, 0) is 11.2 Å². The first-order valence-corrected chi connectivity index (χ1v) is 5.85. The maximum atomic E-state index is 10.6. The lowest BCUT2D eigenvalue weighted by atomic mass is 9.97. The average molecular weight is 231 g/mol. The largest absolute Gasteiger partial charge is 0.481 e. The number of carbonyl (C=O) groups is 1. The third-order valence-electron chi connectivity index (χ3n) is 3.10. The molecule has 1 heterocycles. The van der Waals surface area contributed by atoms with Crippen LogP contribution in [0.2, 0.25) is 0 Å². The Kier molecular flexibility index (Phi) is 3.18. The molecule has 0 radical (unpaired) electrons. The molecule has 0 spiro atoms.